The molecule has 2 amide bonds. The molecule has 2 aromatic carbocycles. The van der Waals surface area contributed by atoms with E-state index in [0.29, 0.717) is 12.3 Å². The number of nitrogens with zero attached hydrogens (tertiary/aromatic N) is 1. The molecule has 0 spiro atoms. The molecule has 0 aromatic heterocycles. The van der Waals surface area contributed by atoms with Crippen molar-refractivity contribution in [2.45, 2.75) is 19.8 Å². The molecule has 0 aliphatic carbocycles. The number of ether oxygens (including phenoxy) is 1. The average molecular weight is 327 g/mol. The number of benzene rings is 2. The van der Waals surface area contributed by atoms with Crippen molar-refractivity contribution < 1.29 is 14.3 Å². The summed E-state index contributed by atoms with van der Waals surface area (Å²) in [6.45, 7) is 2.48. The van der Waals surface area contributed by atoms with Gasteiger partial charge in [-0.05, 0) is 23.3 Å². The summed E-state index contributed by atoms with van der Waals surface area (Å²) in [6.07, 6.45) is 3.26. The number of hydrazone groups is 1. The van der Waals surface area contributed by atoms with Crippen LogP contribution in [0.25, 0.3) is 10.8 Å². The van der Waals surface area contributed by atoms with Crippen LogP contribution in [0.4, 0.5) is 0 Å². The maximum absolute atomic E-state index is 11.7. The Morgan fingerprint density at radius 1 is 1.17 bits per heavy atom. The third-order valence-electron chi connectivity index (χ3n) is 3.53. The number of carbonyl (C=O) groups excluding carboxylic acids is 2. The van der Waals surface area contributed by atoms with Crippen LogP contribution >= 0.6 is 0 Å². The van der Waals surface area contributed by atoms with Gasteiger partial charge in [0.15, 0.2) is 0 Å². The van der Waals surface area contributed by atoms with Crippen LogP contribution in [0.15, 0.2) is 41.5 Å². The van der Waals surface area contributed by atoms with Crippen LogP contribution in [0.1, 0.15) is 25.3 Å². The van der Waals surface area contributed by atoms with E-state index < -0.39 is 11.8 Å². The maximum atomic E-state index is 11.7. The fourth-order valence-corrected chi connectivity index (χ4v) is 2.25. The van der Waals surface area contributed by atoms with E-state index >= 15 is 0 Å². The molecule has 6 nitrogen and oxygen atoms in total. The number of methoxy groups -OCH3 is 1. The highest BCUT2D eigenvalue weighted by Crippen LogP contribution is 2.26. The van der Waals surface area contributed by atoms with E-state index in [9.17, 15) is 9.59 Å². The molecule has 24 heavy (non-hydrogen) atoms. The summed E-state index contributed by atoms with van der Waals surface area (Å²) < 4.78 is 5.34. The van der Waals surface area contributed by atoms with Crippen molar-refractivity contribution in [1.29, 1.82) is 0 Å². The monoisotopic (exact) mass is 327 g/mol. The number of carbonyl (C=O) groups is 2. The summed E-state index contributed by atoms with van der Waals surface area (Å²) in [5.41, 5.74) is 2.97. The first-order valence-corrected chi connectivity index (χ1v) is 7.84. The molecule has 126 valence electrons. The lowest BCUT2D eigenvalue weighted by Gasteiger charge is -2.08. The van der Waals surface area contributed by atoms with Gasteiger partial charge >= 0.3 is 11.8 Å². The quantitative estimate of drug-likeness (QED) is 0.369. The van der Waals surface area contributed by atoms with Crippen molar-refractivity contribution in [3.05, 3.63) is 42.0 Å². The van der Waals surface area contributed by atoms with E-state index in [4.69, 9.17) is 4.74 Å². The Morgan fingerprint density at radius 3 is 2.71 bits per heavy atom. The highest BCUT2D eigenvalue weighted by Gasteiger charge is 2.11. The van der Waals surface area contributed by atoms with Crippen molar-refractivity contribution >= 4 is 28.8 Å². The standard InChI is InChI=1S/C18H21N3O3/c1-3-4-11-19-17(22)18(23)21-20-12-15-14-8-6-5-7-13(14)9-10-16(15)24-2/h5-10,12H,3-4,11H2,1-2H3,(H,19,22)(H,21,23)/b20-12-. The average Bonchev–Trinajstić information content (AvgIpc) is 2.61. The van der Waals surface area contributed by atoms with Gasteiger partial charge in [-0.15, -0.1) is 0 Å². The number of amides is 2. The van der Waals surface area contributed by atoms with E-state index in [-0.39, 0.29) is 0 Å². The Hall–Kier alpha value is -2.89. The van der Waals surface area contributed by atoms with Crippen LogP contribution in [-0.4, -0.2) is 31.7 Å². The molecule has 2 rings (SSSR count). The molecule has 6 heteroatoms. The molecular weight excluding hydrogens is 306 g/mol. The minimum Gasteiger partial charge on any atom is -0.496 e. The Labute approximate surface area is 140 Å². The van der Waals surface area contributed by atoms with E-state index in [1.165, 1.54) is 6.21 Å². The molecule has 0 aliphatic rings. The minimum absolute atomic E-state index is 0.476. The lowest BCUT2D eigenvalue weighted by atomic mass is 10.0. The van der Waals surface area contributed by atoms with Crippen molar-refractivity contribution in [3.8, 4) is 5.75 Å². The van der Waals surface area contributed by atoms with Gasteiger partial charge in [0.25, 0.3) is 0 Å². The van der Waals surface area contributed by atoms with Gasteiger partial charge in [0.05, 0.1) is 13.3 Å². The molecule has 0 radical (unpaired) electrons. The van der Waals surface area contributed by atoms with Gasteiger partial charge in [-0.2, -0.15) is 5.10 Å². The van der Waals surface area contributed by atoms with Gasteiger partial charge in [-0.1, -0.05) is 43.7 Å². The second kappa shape index (κ2) is 8.67. The lowest BCUT2D eigenvalue weighted by Crippen LogP contribution is -2.38. The third-order valence-corrected chi connectivity index (χ3v) is 3.53. The normalized spacial score (nSPS) is 10.8. The van der Waals surface area contributed by atoms with Crippen LogP contribution in [0.3, 0.4) is 0 Å². The molecule has 0 saturated heterocycles. The smallest absolute Gasteiger partial charge is 0.329 e. The molecule has 0 saturated carbocycles. The van der Waals surface area contributed by atoms with Crippen molar-refractivity contribution in [3.63, 3.8) is 0 Å². The zero-order valence-corrected chi connectivity index (χ0v) is 13.8. The van der Waals surface area contributed by atoms with Crippen molar-refractivity contribution in [2.24, 2.45) is 5.10 Å². The van der Waals surface area contributed by atoms with Gasteiger partial charge in [0, 0.05) is 12.1 Å². The van der Waals surface area contributed by atoms with Crippen LogP contribution in [0.5, 0.6) is 5.75 Å². The highest BCUT2D eigenvalue weighted by molar-refractivity contribution is 6.35. The molecule has 0 aliphatic heterocycles. The van der Waals surface area contributed by atoms with Gasteiger partial charge in [-0.3, -0.25) is 9.59 Å². The van der Waals surface area contributed by atoms with E-state index in [0.717, 1.165) is 29.2 Å². The first-order valence-electron chi connectivity index (χ1n) is 7.84. The number of hydrogen-bond acceptors (Lipinski definition) is 4. The summed E-state index contributed by atoms with van der Waals surface area (Å²) in [6, 6.07) is 11.6. The van der Waals surface area contributed by atoms with Gasteiger partial charge in [0.2, 0.25) is 0 Å². The van der Waals surface area contributed by atoms with E-state index in [1.54, 1.807) is 7.11 Å². The van der Waals surface area contributed by atoms with Crippen LogP contribution < -0.4 is 15.5 Å². The topological polar surface area (TPSA) is 79.8 Å². The minimum atomic E-state index is -0.790. The zero-order valence-electron chi connectivity index (χ0n) is 13.8. The Bertz CT molecular complexity index is 756. The second-order valence-corrected chi connectivity index (χ2v) is 5.21. The number of hydrogen-bond donors (Lipinski definition) is 2. The Morgan fingerprint density at radius 2 is 1.96 bits per heavy atom. The first kappa shape index (κ1) is 17.5. The fourth-order valence-electron chi connectivity index (χ4n) is 2.25. The summed E-state index contributed by atoms with van der Waals surface area (Å²) in [5.74, 6) is -0.842. The largest absolute Gasteiger partial charge is 0.496 e. The van der Waals surface area contributed by atoms with Crippen LogP contribution in [-0.2, 0) is 9.59 Å². The molecule has 2 aromatic rings. The second-order valence-electron chi connectivity index (χ2n) is 5.21. The molecule has 0 unspecified atom stereocenters. The van der Waals surface area contributed by atoms with Crippen molar-refractivity contribution in [2.75, 3.05) is 13.7 Å². The van der Waals surface area contributed by atoms with Crippen LogP contribution in [0.2, 0.25) is 0 Å². The number of fused-ring (bicyclic) bond motifs is 1. The highest BCUT2D eigenvalue weighted by atomic mass is 16.5. The predicted molar refractivity (Wildman–Crippen MR) is 94.2 cm³/mol. The number of nitrogens with one attached hydrogen (secondary N) is 2. The molecule has 0 fully saturated rings. The third kappa shape index (κ3) is 4.32. The predicted octanol–water partition coefficient (Wildman–Crippen LogP) is 2.21. The molecule has 0 heterocycles. The summed E-state index contributed by atoms with van der Waals surface area (Å²) in [7, 11) is 1.57. The number of unbranched alkanes of at least 4 members (excludes halogenated alkanes) is 1. The Balaban J connectivity index is 2.10. The first-order chi connectivity index (χ1) is 11.7. The van der Waals surface area contributed by atoms with E-state index in [1.807, 2.05) is 43.3 Å². The van der Waals surface area contributed by atoms with Crippen molar-refractivity contribution in [1.82, 2.24) is 10.7 Å². The molecule has 0 bridgehead atoms. The summed E-state index contributed by atoms with van der Waals surface area (Å²) in [4.78, 5) is 23.3. The lowest BCUT2D eigenvalue weighted by molar-refractivity contribution is -0.139. The fraction of sp³-hybridized carbons (Fsp3) is 0.278. The van der Waals surface area contributed by atoms with E-state index in [2.05, 4.69) is 15.8 Å². The number of rotatable bonds is 6. The summed E-state index contributed by atoms with van der Waals surface area (Å²) in [5, 5.41) is 8.40. The summed E-state index contributed by atoms with van der Waals surface area (Å²) >= 11 is 0. The molecule has 2 N–H and O–H groups in total. The van der Waals surface area contributed by atoms with Gasteiger partial charge in [-0.25, -0.2) is 5.43 Å². The molecule has 0 atom stereocenters. The maximum Gasteiger partial charge on any atom is 0.329 e. The zero-order chi connectivity index (χ0) is 17.4. The molecular formula is C18H21N3O3. The SMILES string of the molecule is CCCCNC(=O)C(=O)N/N=C\c1c(OC)ccc2ccccc12. The van der Waals surface area contributed by atoms with Gasteiger partial charge < -0.3 is 10.1 Å². The van der Waals surface area contributed by atoms with Gasteiger partial charge in [0.1, 0.15) is 5.75 Å². The Kier molecular flexibility index (Phi) is 6.31. The van der Waals surface area contributed by atoms with Crippen LogP contribution in [0, 0.1) is 0 Å².